The zero-order chi connectivity index (χ0) is 11.4. The minimum absolute atomic E-state index is 0.171. The van der Waals surface area contributed by atoms with E-state index < -0.39 is 0 Å². The number of nitrogens with zero attached hydrogens (tertiary/aromatic N) is 2. The van der Waals surface area contributed by atoms with Crippen LogP contribution in [0.2, 0.25) is 0 Å². The molecule has 1 aromatic rings. The number of aromatic nitrogens is 1. The molecule has 0 spiro atoms. The standard InChI is InChI=1S/C11H16N2O2S/c1-15-10(14)5-4-9-8-16-11(12-9)13-6-2-3-7-13/h8H,2-7H2,1H3. The summed E-state index contributed by atoms with van der Waals surface area (Å²) in [6.45, 7) is 2.23. The lowest BCUT2D eigenvalue weighted by Gasteiger charge is -2.12. The Bertz CT molecular complexity index is 359. The van der Waals surface area contributed by atoms with E-state index in [1.165, 1.54) is 20.0 Å². The van der Waals surface area contributed by atoms with Gasteiger partial charge in [0.2, 0.25) is 0 Å². The van der Waals surface area contributed by atoms with Crippen molar-refractivity contribution in [1.29, 1.82) is 0 Å². The highest BCUT2D eigenvalue weighted by Gasteiger charge is 2.15. The summed E-state index contributed by atoms with van der Waals surface area (Å²) in [7, 11) is 1.42. The molecule has 1 aromatic heterocycles. The van der Waals surface area contributed by atoms with Gasteiger partial charge < -0.3 is 9.64 Å². The van der Waals surface area contributed by atoms with Crippen LogP contribution in [-0.4, -0.2) is 31.2 Å². The van der Waals surface area contributed by atoms with Gasteiger partial charge in [-0.15, -0.1) is 11.3 Å². The topological polar surface area (TPSA) is 42.4 Å². The highest BCUT2D eigenvalue weighted by molar-refractivity contribution is 7.13. The summed E-state index contributed by atoms with van der Waals surface area (Å²) in [4.78, 5) is 17.8. The maximum absolute atomic E-state index is 11.0. The number of methoxy groups -OCH3 is 1. The molecule has 1 aliphatic rings. The monoisotopic (exact) mass is 240 g/mol. The van der Waals surface area contributed by atoms with E-state index in [1.807, 2.05) is 5.38 Å². The predicted molar refractivity (Wildman–Crippen MR) is 63.9 cm³/mol. The summed E-state index contributed by atoms with van der Waals surface area (Å²) < 4.78 is 4.60. The molecule has 1 aliphatic heterocycles. The summed E-state index contributed by atoms with van der Waals surface area (Å²) in [6, 6.07) is 0. The van der Waals surface area contributed by atoms with Gasteiger partial charge in [0.1, 0.15) is 0 Å². The van der Waals surface area contributed by atoms with Gasteiger partial charge >= 0.3 is 5.97 Å². The normalized spacial score (nSPS) is 15.4. The molecule has 1 saturated heterocycles. The zero-order valence-corrected chi connectivity index (χ0v) is 10.3. The summed E-state index contributed by atoms with van der Waals surface area (Å²) in [5.74, 6) is -0.171. The van der Waals surface area contributed by atoms with Gasteiger partial charge in [-0.2, -0.15) is 0 Å². The van der Waals surface area contributed by atoms with Crippen LogP contribution in [0, 0.1) is 0 Å². The minimum Gasteiger partial charge on any atom is -0.469 e. The van der Waals surface area contributed by atoms with Gasteiger partial charge in [0.25, 0.3) is 0 Å². The molecule has 0 unspecified atom stereocenters. The molecule has 0 amide bonds. The summed E-state index contributed by atoms with van der Waals surface area (Å²) in [6.07, 6.45) is 3.62. The quantitative estimate of drug-likeness (QED) is 0.753. The fourth-order valence-electron chi connectivity index (χ4n) is 1.80. The molecule has 0 N–H and O–H groups in total. The van der Waals surface area contributed by atoms with Crippen molar-refractivity contribution in [3.63, 3.8) is 0 Å². The molecule has 0 bridgehead atoms. The van der Waals surface area contributed by atoms with Gasteiger partial charge in [-0.3, -0.25) is 4.79 Å². The molecule has 2 heterocycles. The number of aryl methyl sites for hydroxylation is 1. The molecule has 2 rings (SSSR count). The van der Waals surface area contributed by atoms with Crippen LogP contribution in [0.1, 0.15) is 25.0 Å². The van der Waals surface area contributed by atoms with Gasteiger partial charge in [0, 0.05) is 24.9 Å². The number of anilines is 1. The molecule has 0 saturated carbocycles. The van der Waals surface area contributed by atoms with E-state index in [1.54, 1.807) is 11.3 Å². The van der Waals surface area contributed by atoms with Crippen molar-refractivity contribution in [2.75, 3.05) is 25.1 Å². The van der Waals surface area contributed by atoms with Crippen LogP contribution in [-0.2, 0) is 16.0 Å². The number of thiazole rings is 1. The molecule has 4 nitrogen and oxygen atoms in total. The Balaban J connectivity index is 1.89. The lowest BCUT2D eigenvalue weighted by molar-refractivity contribution is -0.140. The van der Waals surface area contributed by atoms with Crippen molar-refractivity contribution < 1.29 is 9.53 Å². The fraction of sp³-hybridized carbons (Fsp3) is 0.636. The largest absolute Gasteiger partial charge is 0.469 e. The van der Waals surface area contributed by atoms with Gasteiger partial charge in [-0.25, -0.2) is 4.98 Å². The molecule has 0 radical (unpaired) electrons. The van der Waals surface area contributed by atoms with Crippen molar-refractivity contribution in [1.82, 2.24) is 4.98 Å². The first-order valence-corrected chi connectivity index (χ1v) is 6.44. The molecule has 0 atom stereocenters. The maximum atomic E-state index is 11.0. The molecular weight excluding hydrogens is 224 g/mol. The Hall–Kier alpha value is -1.10. The summed E-state index contributed by atoms with van der Waals surface area (Å²) in [5.41, 5.74) is 0.998. The molecule has 0 aliphatic carbocycles. The number of hydrogen-bond donors (Lipinski definition) is 0. The van der Waals surface area contributed by atoms with Crippen molar-refractivity contribution >= 4 is 22.4 Å². The first kappa shape index (κ1) is 11.4. The lowest BCUT2D eigenvalue weighted by atomic mass is 10.2. The number of rotatable bonds is 4. The van der Waals surface area contributed by atoms with E-state index in [-0.39, 0.29) is 5.97 Å². The highest BCUT2D eigenvalue weighted by Crippen LogP contribution is 2.24. The third kappa shape index (κ3) is 2.72. The van der Waals surface area contributed by atoms with Crippen LogP contribution in [0.3, 0.4) is 0 Å². The van der Waals surface area contributed by atoms with E-state index in [9.17, 15) is 4.79 Å². The Morgan fingerprint density at radius 2 is 2.31 bits per heavy atom. The number of esters is 1. The molecule has 0 aromatic carbocycles. The maximum Gasteiger partial charge on any atom is 0.305 e. The van der Waals surface area contributed by atoms with Gasteiger partial charge in [-0.05, 0) is 12.8 Å². The summed E-state index contributed by atoms with van der Waals surface area (Å²) in [5, 5.41) is 3.13. The van der Waals surface area contributed by atoms with Crippen LogP contribution in [0.5, 0.6) is 0 Å². The fourth-order valence-corrected chi connectivity index (χ4v) is 2.71. The van der Waals surface area contributed by atoms with Crippen LogP contribution in [0.25, 0.3) is 0 Å². The predicted octanol–water partition coefficient (Wildman–Crippen LogP) is 1.85. The third-order valence-corrected chi connectivity index (χ3v) is 3.68. The first-order valence-electron chi connectivity index (χ1n) is 5.56. The van der Waals surface area contributed by atoms with Crippen molar-refractivity contribution in [2.45, 2.75) is 25.7 Å². The number of carbonyl (C=O) groups excluding carboxylic acids is 1. The molecule has 1 fully saturated rings. The highest BCUT2D eigenvalue weighted by atomic mass is 32.1. The Morgan fingerprint density at radius 3 is 3.00 bits per heavy atom. The third-order valence-electron chi connectivity index (χ3n) is 2.73. The number of hydrogen-bond acceptors (Lipinski definition) is 5. The van der Waals surface area contributed by atoms with Crippen LogP contribution < -0.4 is 4.90 Å². The second-order valence-corrected chi connectivity index (χ2v) is 4.73. The van der Waals surface area contributed by atoms with E-state index in [2.05, 4.69) is 14.6 Å². The van der Waals surface area contributed by atoms with E-state index in [0.717, 1.165) is 23.9 Å². The van der Waals surface area contributed by atoms with Gasteiger partial charge in [-0.1, -0.05) is 0 Å². The average Bonchev–Trinajstić information content (AvgIpc) is 2.95. The van der Waals surface area contributed by atoms with E-state index in [4.69, 9.17) is 0 Å². The van der Waals surface area contributed by atoms with Gasteiger partial charge in [0.05, 0.1) is 19.2 Å². The lowest BCUT2D eigenvalue weighted by Crippen LogP contribution is -2.17. The Kier molecular flexibility index (Phi) is 3.77. The number of carbonyl (C=O) groups is 1. The minimum atomic E-state index is -0.171. The smallest absolute Gasteiger partial charge is 0.305 e. The second kappa shape index (κ2) is 5.30. The second-order valence-electron chi connectivity index (χ2n) is 3.89. The number of ether oxygens (including phenoxy) is 1. The Morgan fingerprint density at radius 1 is 1.56 bits per heavy atom. The zero-order valence-electron chi connectivity index (χ0n) is 9.44. The first-order chi connectivity index (χ1) is 7.79. The Labute approximate surface area is 99.2 Å². The molecule has 16 heavy (non-hydrogen) atoms. The molecular formula is C11H16N2O2S. The average molecular weight is 240 g/mol. The summed E-state index contributed by atoms with van der Waals surface area (Å²) >= 11 is 1.67. The van der Waals surface area contributed by atoms with Crippen LogP contribution >= 0.6 is 11.3 Å². The van der Waals surface area contributed by atoms with Crippen molar-refractivity contribution in [3.05, 3.63) is 11.1 Å². The SMILES string of the molecule is COC(=O)CCc1csc(N2CCCC2)n1. The van der Waals surface area contributed by atoms with Crippen LogP contribution in [0.4, 0.5) is 5.13 Å². The van der Waals surface area contributed by atoms with Crippen molar-refractivity contribution in [2.24, 2.45) is 0 Å². The molecule has 5 heteroatoms. The van der Waals surface area contributed by atoms with Crippen molar-refractivity contribution in [3.8, 4) is 0 Å². The van der Waals surface area contributed by atoms with Gasteiger partial charge in [0.15, 0.2) is 5.13 Å². The molecule has 88 valence electrons. The van der Waals surface area contributed by atoms with Crippen LogP contribution in [0.15, 0.2) is 5.38 Å². The van der Waals surface area contributed by atoms with E-state index in [0.29, 0.717) is 12.8 Å². The van der Waals surface area contributed by atoms with E-state index >= 15 is 0 Å².